The van der Waals surface area contributed by atoms with E-state index in [0.29, 0.717) is 23.8 Å². The van der Waals surface area contributed by atoms with Crippen molar-refractivity contribution in [2.24, 2.45) is 0 Å². The Morgan fingerprint density at radius 1 is 1.25 bits per heavy atom. The van der Waals surface area contributed by atoms with Crippen molar-refractivity contribution in [3.8, 4) is 5.75 Å². The highest BCUT2D eigenvalue weighted by Crippen LogP contribution is 2.15. The van der Waals surface area contributed by atoms with E-state index >= 15 is 0 Å². The standard InChI is InChI=1S/C13H17ClN2O3S/c1-15-13(18)16-12(17)6-8-20-9-7-19-11-4-2-10(14)3-5-11/h2-5H,6-9H2,1H3,(H2,15,16,17,18). The van der Waals surface area contributed by atoms with Gasteiger partial charge in [0.2, 0.25) is 5.91 Å². The van der Waals surface area contributed by atoms with Crippen LogP contribution in [0.1, 0.15) is 6.42 Å². The predicted octanol–water partition coefficient (Wildman–Crippen LogP) is 2.30. The molecule has 0 aliphatic rings. The molecule has 0 atom stereocenters. The number of ether oxygens (including phenoxy) is 1. The average Bonchev–Trinajstić information content (AvgIpc) is 2.44. The van der Waals surface area contributed by atoms with Gasteiger partial charge in [0, 0.05) is 30.0 Å². The SMILES string of the molecule is CNC(=O)NC(=O)CCSCCOc1ccc(Cl)cc1. The number of thioether (sulfide) groups is 1. The fourth-order valence-corrected chi connectivity index (χ4v) is 2.13. The van der Waals surface area contributed by atoms with Gasteiger partial charge in [-0.3, -0.25) is 10.1 Å². The Morgan fingerprint density at radius 2 is 1.95 bits per heavy atom. The van der Waals surface area contributed by atoms with Crippen LogP contribution in [0.5, 0.6) is 5.75 Å². The molecule has 1 rings (SSSR count). The summed E-state index contributed by atoms with van der Waals surface area (Å²) in [7, 11) is 1.46. The first-order valence-electron chi connectivity index (χ1n) is 6.09. The molecule has 0 unspecified atom stereocenters. The molecule has 1 aromatic rings. The van der Waals surface area contributed by atoms with Crippen LogP contribution in [0.25, 0.3) is 0 Å². The van der Waals surface area contributed by atoms with Crippen molar-refractivity contribution in [1.82, 2.24) is 10.6 Å². The molecule has 0 saturated carbocycles. The third kappa shape index (κ3) is 7.25. The van der Waals surface area contributed by atoms with Gasteiger partial charge >= 0.3 is 6.03 Å². The lowest BCUT2D eigenvalue weighted by molar-refractivity contribution is -0.119. The molecule has 110 valence electrons. The van der Waals surface area contributed by atoms with Gasteiger partial charge in [0.1, 0.15) is 5.75 Å². The first kappa shape index (κ1) is 16.7. The molecule has 20 heavy (non-hydrogen) atoms. The first-order valence-corrected chi connectivity index (χ1v) is 7.62. The van der Waals surface area contributed by atoms with E-state index in [-0.39, 0.29) is 5.91 Å². The highest BCUT2D eigenvalue weighted by molar-refractivity contribution is 7.99. The van der Waals surface area contributed by atoms with Gasteiger partial charge < -0.3 is 10.1 Å². The molecule has 0 aliphatic heterocycles. The zero-order valence-electron chi connectivity index (χ0n) is 11.1. The normalized spacial score (nSPS) is 9.90. The highest BCUT2D eigenvalue weighted by Gasteiger charge is 2.05. The lowest BCUT2D eigenvalue weighted by Gasteiger charge is -2.06. The van der Waals surface area contributed by atoms with Crippen molar-refractivity contribution in [1.29, 1.82) is 0 Å². The third-order valence-electron chi connectivity index (χ3n) is 2.26. The maximum atomic E-state index is 11.3. The number of carbonyl (C=O) groups excluding carboxylic acids is 2. The molecule has 3 amide bonds. The van der Waals surface area contributed by atoms with Gasteiger partial charge in [-0.05, 0) is 24.3 Å². The van der Waals surface area contributed by atoms with Crippen LogP contribution < -0.4 is 15.4 Å². The molecule has 0 heterocycles. The van der Waals surface area contributed by atoms with Crippen molar-refractivity contribution < 1.29 is 14.3 Å². The van der Waals surface area contributed by atoms with E-state index in [4.69, 9.17) is 16.3 Å². The molecule has 0 bridgehead atoms. The largest absolute Gasteiger partial charge is 0.493 e. The van der Waals surface area contributed by atoms with Crippen molar-refractivity contribution in [3.05, 3.63) is 29.3 Å². The summed E-state index contributed by atoms with van der Waals surface area (Å²) in [6.07, 6.45) is 0.305. The second kappa shape index (κ2) is 9.50. The molecular formula is C13H17ClN2O3S. The topological polar surface area (TPSA) is 67.4 Å². The Hall–Kier alpha value is -1.40. The van der Waals surface area contributed by atoms with Crippen LogP contribution in [0.3, 0.4) is 0 Å². The number of imide groups is 1. The van der Waals surface area contributed by atoms with E-state index < -0.39 is 6.03 Å². The lowest BCUT2D eigenvalue weighted by Crippen LogP contribution is -2.37. The summed E-state index contributed by atoms with van der Waals surface area (Å²) in [4.78, 5) is 22.1. The molecule has 7 heteroatoms. The number of rotatable bonds is 7. The van der Waals surface area contributed by atoms with E-state index in [1.807, 2.05) is 12.1 Å². The number of urea groups is 1. The van der Waals surface area contributed by atoms with Gasteiger partial charge in [0.15, 0.2) is 0 Å². The van der Waals surface area contributed by atoms with E-state index in [9.17, 15) is 9.59 Å². The number of amides is 3. The van der Waals surface area contributed by atoms with Gasteiger partial charge in [-0.15, -0.1) is 0 Å². The number of benzene rings is 1. The third-order valence-corrected chi connectivity index (χ3v) is 3.46. The maximum absolute atomic E-state index is 11.3. The Bertz CT molecular complexity index is 440. The van der Waals surface area contributed by atoms with Gasteiger partial charge in [0.25, 0.3) is 0 Å². The summed E-state index contributed by atoms with van der Waals surface area (Å²) in [5.74, 6) is 1.91. The molecule has 0 aliphatic carbocycles. The van der Waals surface area contributed by atoms with Crippen LogP contribution in [0, 0.1) is 0 Å². The summed E-state index contributed by atoms with van der Waals surface area (Å²) in [5.41, 5.74) is 0. The minimum Gasteiger partial charge on any atom is -0.493 e. The molecule has 0 radical (unpaired) electrons. The fourth-order valence-electron chi connectivity index (χ4n) is 1.27. The Morgan fingerprint density at radius 3 is 2.60 bits per heavy atom. The predicted molar refractivity (Wildman–Crippen MR) is 81.5 cm³/mol. The molecule has 0 spiro atoms. The average molecular weight is 317 g/mol. The van der Waals surface area contributed by atoms with E-state index in [1.54, 1.807) is 23.9 Å². The number of hydrogen-bond donors (Lipinski definition) is 2. The summed E-state index contributed by atoms with van der Waals surface area (Å²) < 4.78 is 5.51. The molecule has 2 N–H and O–H groups in total. The van der Waals surface area contributed by atoms with Gasteiger partial charge in [-0.25, -0.2) is 4.79 Å². The number of nitrogens with one attached hydrogen (secondary N) is 2. The second-order valence-electron chi connectivity index (χ2n) is 3.79. The zero-order chi connectivity index (χ0) is 14.8. The van der Waals surface area contributed by atoms with Crippen LogP contribution in [-0.4, -0.2) is 37.1 Å². The van der Waals surface area contributed by atoms with Gasteiger partial charge in [-0.1, -0.05) is 11.6 Å². The first-order chi connectivity index (χ1) is 9.61. The Kier molecular flexibility index (Phi) is 7.91. The number of carbonyl (C=O) groups is 2. The molecule has 0 aromatic heterocycles. The Balaban J connectivity index is 2.03. The quantitative estimate of drug-likeness (QED) is 0.757. The smallest absolute Gasteiger partial charge is 0.321 e. The molecule has 5 nitrogen and oxygen atoms in total. The van der Waals surface area contributed by atoms with E-state index in [1.165, 1.54) is 7.05 Å². The molecule has 1 aromatic carbocycles. The molecular weight excluding hydrogens is 300 g/mol. The summed E-state index contributed by atoms with van der Waals surface area (Å²) in [5, 5.41) is 5.20. The Labute approximate surface area is 127 Å². The van der Waals surface area contributed by atoms with Crippen molar-refractivity contribution in [2.75, 3.05) is 25.2 Å². The van der Waals surface area contributed by atoms with Crippen LogP contribution in [0.2, 0.25) is 5.02 Å². The van der Waals surface area contributed by atoms with Crippen molar-refractivity contribution in [3.63, 3.8) is 0 Å². The number of hydrogen-bond acceptors (Lipinski definition) is 4. The summed E-state index contributed by atoms with van der Waals surface area (Å²) >= 11 is 7.36. The minimum absolute atomic E-state index is 0.282. The van der Waals surface area contributed by atoms with Crippen LogP contribution in [-0.2, 0) is 4.79 Å². The van der Waals surface area contributed by atoms with Crippen LogP contribution in [0.15, 0.2) is 24.3 Å². The maximum Gasteiger partial charge on any atom is 0.321 e. The van der Waals surface area contributed by atoms with E-state index in [0.717, 1.165) is 11.5 Å². The monoisotopic (exact) mass is 316 g/mol. The number of halogens is 1. The van der Waals surface area contributed by atoms with E-state index in [2.05, 4.69) is 10.6 Å². The van der Waals surface area contributed by atoms with Crippen molar-refractivity contribution in [2.45, 2.75) is 6.42 Å². The molecule has 0 saturated heterocycles. The van der Waals surface area contributed by atoms with Gasteiger partial charge in [0.05, 0.1) is 6.61 Å². The lowest BCUT2D eigenvalue weighted by atomic mass is 10.3. The zero-order valence-corrected chi connectivity index (χ0v) is 12.7. The van der Waals surface area contributed by atoms with Crippen LogP contribution >= 0.6 is 23.4 Å². The second-order valence-corrected chi connectivity index (χ2v) is 5.45. The van der Waals surface area contributed by atoms with Gasteiger partial charge in [-0.2, -0.15) is 11.8 Å². The minimum atomic E-state index is -0.480. The van der Waals surface area contributed by atoms with Crippen molar-refractivity contribution >= 4 is 35.3 Å². The molecule has 0 fully saturated rings. The summed E-state index contributed by atoms with van der Waals surface area (Å²) in [6, 6.07) is 6.68. The van der Waals surface area contributed by atoms with Crippen LogP contribution in [0.4, 0.5) is 4.79 Å². The summed E-state index contributed by atoms with van der Waals surface area (Å²) in [6.45, 7) is 0.559. The fraction of sp³-hybridized carbons (Fsp3) is 0.385. The highest BCUT2D eigenvalue weighted by atomic mass is 35.5.